The van der Waals surface area contributed by atoms with Crippen LogP contribution in [0.3, 0.4) is 0 Å². The molecule has 2 heterocycles. The molecule has 3 fully saturated rings. The molecular weight excluding hydrogens is 482 g/mol. The summed E-state index contributed by atoms with van der Waals surface area (Å²) in [5, 5.41) is 24.0. The number of furan rings is 1. The molecule has 0 radical (unpaired) electrons. The van der Waals surface area contributed by atoms with Crippen LogP contribution in [0.5, 0.6) is 5.75 Å². The number of benzene rings is 1. The summed E-state index contributed by atoms with van der Waals surface area (Å²) in [6, 6.07) is 5.12. The van der Waals surface area contributed by atoms with Crippen molar-refractivity contribution in [2.45, 2.75) is 74.5 Å². The van der Waals surface area contributed by atoms with Gasteiger partial charge in [0, 0.05) is 48.3 Å². The molecule has 2 bridgehead atoms. The summed E-state index contributed by atoms with van der Waals surface area (Å²) in [5.41, 5.74) is 6.32. The Morgan fingerprint density at radius 3 is 2.74 bits per heavy atom. The highest BCUT2D eigenvalue weighted by Gasteiger charge is 2.66. The van der Waals surface area contributed by atoms with Crippen molar-refractivity contribution in [1.29, 1.82) is 0 Å². The van der Waals surface area contributed by atoms with Crippen LogP contribution in [0.25, 0.3) is 6.08 Å². The van der Waals surface area contributed by atoms with Crippen molar-refractivity contribution < 1.29 is 24.2 Å². The van der Waals surface area contributed by atoms with E-state index < -0.39 is 16.9 Å². The Morgan fingerprint density at radius 1 is 1.24 bits per heavy atom. The first-order valence-corrected chi connectivity index (χ1v) is 13.8. The molecule has 1 aliphatic heterocycles. The Bertz CT molecular complexity index is 1270. The number of carbonyl (C=O) groups excluding carboxylic acids is 2. The van der Waals surface area contributed by atoms with E-state index in [-0.39, 0.29) is 29.3 Å². The largest absolute Gasteiger partial charge is 0.507 e. The van der Waals surface area contributed by atoms with Gasteiger partial charge in [0.1, 0.15) is 5.75 Å². The predicted octanol–water partition coefficient (Wildman–Crippen LogP) is 3.21. The highest BCUT2D eigenvalue weighted by atomic mass is 16.3. The van der Waals surface area contributed by atoms with Crippen molar-refractivity contribution in [2.24, 2.45) is 11.7 Å². The van der Waals surface area contributed by atoms with Crippen LogP contribution in [0.1, 0.15) is 72.0 Å². The van der Waals surface area contributed by atoms with E-state index in [4.69, 9.17) is 10.2 Å². The van der Waals surface area contributed by atoms with E-state index in [0.29, 0.717) is 43.6 Å². The predicted molar refractivity (Wildman–Crippen MR) is 142 cm³/mol. The van der Waals surface area contributed by atoms with E-state index >= 15 is 0 Å². The number of likely N-dealkylation sites (tertiary alicyclic amines) is 1. The summed E-state index contributed by atoms with van der Waals surface area (Å²) in [5.74, 6) is -0.226. The highest BCUT2D eigenvalue weighted by Crippen LogP contribution is 2.61. The molecule has 0 spiro atoms. The Labute approximate surface area is 223 Å². The Morgan fingerprint density at radius 2 is 2.05 bits per heavy atom. The minimum Gasteiger partial charge on any atom is -0.507 e. The lowest BCUT2D eigenvalue weighted by Gasteiger charge is -2.65. The lowest BCUT2D eigenvalue weighted by molar-refractivity contribution is -0.180. The number of rotatable bonds is 6. The monoisotopic (exact) mass is 519 g/mol. The summed E-state index contributed by atoms with van der Waals surface area (Å²) in [6.07, 6.45) is 13.2. The molecule has 1 unspecified atom stereocenters. The summed E-state index contributed by atoms with van der Waals surface area (Å²) < 4.78 is 5.09. The van der Waals surface area contributed by atoms with Gasteiger partial charge < -0.3 is 25.3 Å². The fourth-order valence-electron chi connectivity index (χ4n) is 7.78. The lowest BCUT2D eigenvalue weighted by atomic mass is 9.48. The molecule has 8 nitrogen and oxygen atoms in total. The van der Waals surface area contributed by atoms with Crippen molar-refractivity contribution in [2.75, 3.05) is 20.1 Å². The zero-order valence-electron chi connectivity index (χ0n) is 21.9. The number of hydrogen-bond acceptors (Lipinski definition) is 6. The first-order chi connectivity index (χ1) is 18.2. The third kappa shape index (κ3) is 3.80. The molecule has 38 heavy (non-hydrogen) atoms. The third-order valence-electron chi connectivity index (χ3n) is 10.1. The van der Waals surface area contributed by atoms with E-state index in [2.05, 4.69) is 4.90 Å². The van der Waals surface area contributed by atoms with Crippen LogP contribution >= 0.6 is 0 Å². The minimum atomic E-state index is -1.07. The number of likely N-dealkylation sites (N-methyl/N-ethyl adjacent to an activating group) is 1. The molecular formula is C30H37N3O5. The highest BCUT2D eigenvalue weighted by molar-refractivity contribution is 5.96. The number of carbonyl (C=O) groups is 2. The van der Waals surface area contributed by atoms with Crippen LogP contribution in [0.15, 0.2) is 41.2 Å². The molecule has 202 valence electrons. The Kier molecular flexibility index (Phi) is 6.15. The maximum absolute atomic E-state index is 13.1. The topological polar surface area (TPSA) is 120 Å². The van der Waals surface area contributed by atoms with Crippen molar-refractivity contribution in [3.63, 3.8) is 0 Å². The number of aromatic hydroxyl groups is 1. The van der Waals surface area contributed by atoms with Crippen molar-refractivity contribution in [3.8, 4) is 5.75 Å². The normalized spacial score (nSPS) is 30.9. The molecule has 1 aromatic heterocycles. The first-order valence-electron chi connectivity index (χ1n) is 13.8. The zero-order valence-corrected chi connectivity index (χ0v) is 21.9. The van der Waals surface area contributed by atoms with Gasteiger partial charge in [0.05, 0.1) is 23.7 Å². The zero-order chi connectivity index (χ0) is 26.7. The number of primary amides is 1. The van der Waals surface area contributed by atoms with Gasteiger partial charge in [-0.3, -0.25) is 14.5 Å². The van der Waals surface area contributed by atoms with Crippen LogP contribution < -0.4 is 5.73 Å². The van der Waals surface area contributed by atoms with E-state index in [0.717, 1.165) is 24.2 Å². The van der Waals surface area contributed by atoms with E-state index in [1.54, 1.807) is 48.8 Å². The molecule has 1 aromatic carbocycles. The number of nitrogens with two attached hydrogens (primary N) is 1. The quantitative estimate of drug-likeness (QED) is 0.504. The molecule has 6 rings (SSSR count). The second kappa shape index (κ2) is 9.27. The SMILES string of the molecule is CN(C(=O)C=Cc1ccoc1)C1CC[C@@]2(O)[C@H]3Cc4ccc(C(N)=O)c(O)c4[C@@]2(CCN3CC2CCC2)C1. The fraction of sp³-hybridized carbons (Fsp3) is 0.533. The Balaban J connectivity index is 1.37. The summed E-state index contributed by atoms with van der Waals surface area (Å²) in [7, 11) is 1.81. The van der Waals surface area contributed by atoms with Crippen LogP contribution in [0.2, 0.25) is 0 Å². The molecule has 3 aliphatic carbocycles. The number of phenols is 1. The second-order valence-corrected chi connectivity index (χ2v) is 11.9. The first kappa shape index (κ1) is 25.2. The standard InChI is InChI=1S/C30H37N3O5/c1-32(25(34)8-5-20-10-14-38-18-20)22-9-11-30(37)24-15-21-6-7-23(28(31)36)27(35)26(21)29(30,16-22)12-13-33(24)17-19-3-2-4-19/h5-8,10,14,18-19,22,24,35,37H,2-4,9,11-13,15-17H2,1H3,(H2,31,36)/t22?,24-,29-,30-/m1/s1. The van der Waals surface area contributed by atoms with Crippen molar-refractivity contribution in [1.82, 2.24) is 9.80 Å². The molecule has 4 atom stereocenters. The molecule has 4 aliphatic rings. The van der Waals surface area contributed by atoms with Gasteiger partial charge in [-0.1, -0.05) is 12.5 Å². The molecule has 2 saturated carbocycles. The minimum absolute atomic E-state index is 0.0638. The maximum Gasteiger partial charge on any atom is 0.252 e. The lowest BCUT2D eigenvalue weighted by Crippen LogP contribution is -2.74. The summed E-state index contributed by atoms with van der Waals surface area (Å²) in [6.45, 7) is 1.80. The summed E-state index contributed by atoms with van der Waals surface area (Å²) in [4.78, 5) is 29.6. The number of piperidine rings is 1. The van der Waals surface area contributed by atoms with Crippen LogP contribution in [0.4, 0.5) is 0 Å². The van der Waals surface area contributed by atoms with Crippen LogP contribution in [-0.2, 0) is 16.6 Å². The Hall–Kier alpha value is -3.10. The van der Waals surface area contributed by atoms with Crippen LogP contribution in [-0.4, -0.2) is 69.6 Å². The van der Waals surface area contributed by atoms with Gasteiger partial charge in [0.2, 0.25) is 5.91 Å². The average molecular weight is 520 g/mol. The molecule has 2 aromatic rings. The number of aliphatic hydroxyl groups is 1. The number of hydrogen-bond donors (Lipinski definition) is 3. The van der Waals surface area contributed by atoms with Gasteiger partial charge in [0.25, 0.3) is 5.91 Å². The van der Waals surface area contributed by atoms with Crippen molar-refractivity contribution in [3.05, 3.63) is 59.1 Å². The third-order valence-corrected chi connectivity index (χ3v) is 10.1. The summed E-state index contributed by atoms with van der Waals surface area (Å²) >= 11 is 0. The number of nitrogens with zero attached hydrogens (tertiary/aromatic N) is 2. The van der Waals surface area contributed by atoms with Crippen LogP contribution in [0, 0.1) is 5.92 Å². The van der Waals surface area contributed by atoms with Gasteiger partial charge in [-0.2, -0.15) is 0 Å². The molecule has 8 heteroatoms. The van der Waals surface area contributed by atoms with Gasteiger partial charge in [-0.05, 0) is 81.2 Å². The van der Waals surface area contributed by atoms with Gasteiger partial charge in [-0.25, -0.2) is 0 Å². The second-order valence-electron chi connectivity index (χ2n) is 11.9. The van der Waals surface area contributed by atoms with Crippen molar-refractivity contribution >= 4 is 17.9 Å². The van der Waals surface area contributed by atoms with E-state index in [1.807, 2.05) is 6.07 Å². The van der Waals surface area contributed by atoms with E-state index in [9.17, 15) is 19.8 Å². The number of fused-ring (bicyclic) bond motifs is 1. The van der Waals surface area contributed by atoms with Gasteiger partial charge in [-0.15, -0.1) is 0 Å². The average Bonchev–Trinajstić information content (AvgIpc) is 3.38. The fourth-order valence-corrected chi connectivity index (χ4v) is 7.78. The molecule has 1 saturated heterocycles. The molecule has 4 N–H and O–H groups in total. The van der Waals surface area contributed by atoms with Gasteiger partial charge >= 0.3 is 0 Å². The van der Waals surface area contributed by atoms with E-state index in [1.165, 1.54) is 19.3 Å². The smallest absolute Gasteiger partial charge is 0.252 e. The molecule has 2 amide bonds. The van der Waals surface area contributed by atoms with Gasteiger partial charge in [0.15, 0.2) is 0 Å². The maximum atomic E-state index is 13.1. The number of amides is 2.